The van der Waals surface area contributed by atoms with Gasteiger partial charge in [-0.1, -0.05) is 25.1 Å². The number of anilines is 2. The highest BCUT2D eigenvalue weighted by Gasteiger charge is 2.42. The summed E-state index contributed by atoms with van der Waals surface area (Å²) in [5.41, 5.74) is 5.56. The Morgan fingerprint density at radius 3 is 2.65 bits per heavy atom. The molecule has 0 saturated carbocycles. The zero-order valence-electron chi connectivity index (χ0n) is 21.0. The normalized spacial score (nSPS) is 16.9. The van der Waals surface area contributed by atoms with Gasteiger partial charge in [0.1, 0.15) is 11.8 Å². The third-order valence-electron chi connectivity index (χ3n) is 6.61. The van der Waals surface area contributed by atoms with E-state index >= 15 is 0 Å². The first kappa shape index (κ1) is 24.5. The third kappa shape index (κ3) is 4.68. The van der Waals surface area contributed by atoms with Gasteiger partial charge in [-0.2, -0.15) is 0 Å². The molecule has 0 radical (unpaired) electrons. The summed E-state index contributed by atoms with van der Waals surface area (Å²) >= 11 is 5.91. The first-order chi connectivity index (χ1) is 18.0. The first-order valence-corrected chi connectivity index (χ1v) is 12.6. The Kier molecular flexibility index (Phi) is 6.92. The smallest absolute Gasteiger partial charge is 0.224 e. The van der Waals surface area contributed by atoms with Gasteiger partial charge in [-0.3, -0.25) is 9.78 Å². The zero-order chi connectivity index (χ0) is 25.9. The second kappa shape index (κ2) is 10.4. The summed E-state index contributed by atoms with van der Waals surface area (Å²) in [6.45, 7) is 3.83. The van der Waals surface area contributed by atoms with E-state index in [0.29, 0.717) is 11.5 Å². The number of carbonyl (C=O) groups excluding carboxylic acids is 1. The Morgan fingerprint density at radius 2 is 1.92 bits per heavy atom. The van der Waals surface area contributed by atoms with Crippen LogP contribution in [-0.4, -0.2) is 27.7 Å². The van der Waals surface area contributed by atoms with Crippen molar-refractivity contribution in [2.45, 2.75) is 32.4 Å². The van der Waals surface area contributed by atoms with E-state index < -0.39 is 0 Å². The molecule has 1 saturated heterocycles. The molecule has 2 aromatic carbocycles. The fourth-order valence-electron chi connectivity index (χ4n) is 4.79. The number of thiocarbonyl (C=S) groups is 1. The molecule has 0 aliphatic carbocycles. The number of rotatable bonds is 7. The van der Waals surface area contributed by atoms with Gasteiger partial charge in [0.2, 0.25) is 5.91 Å². The number of methoxy groups -OCH3 is 1. The van der Waals surface area contributed by atoms with Crippen LogP contribution in [-0.2, 0) is 4.79 Å². The van der Waals surface area contributed by atoms with Crippen LogP contribution < -0.4 is 20.3 Å². The number of nitrogens with zero attached hydrogens (tertiary/aromatic N) is 3. The SMILES string of the molecule is CCC(=O)Nc1ccc(N2C(=S)N[C@H](c3ccccn3)[C@H]2c2cccn2-c2ccccc2OC)cc1C. The maximum Gasteiger partial charge on any atom is 0.224 e. The molecule has 0 unspecified atom stereocenters. The Bertz CT molecular complexity index is 1440. The van der Waals surface area contributed by atoms with E-state index in [1.807, 2.05) is 80.7 Å². The number of hydrogen-bond acceptors (Lipinski definition) is 4. The van der Waals surface area contributed by atoms with Crippen molar-refractivity contribution in [1.82, 2.24) is 14.9 Å². The summed E-state index contributed by atoms with van der Waals surface area (Å²) in [7, 11) is 1.68. The lowest BCUT2D eigenvalue weighted by atomic mass is 10.00. The lowest BCUT2D eigenvalue weighted by molar-refractivity contribution is -0.115. The van der Waals surface area contributed by atoms with E-state index in [2.05, 4.69) is 37.2 Å². The third-order valence-corrected chi connectivity index (χ3v) is 6.92. The van der Waals surface area contributed by atoms with Gasteiger partial charge in [-0.05, 0) is 79.3 Å². The molecule has 2 atom stereocenters. The summed E-state index contributed by atoms with van der Waals surface area (Å²) < 4.78 is 7.82. The van der Waals surface area contributed by atoms with Crippen LogP contribution in [0.4, 0.5) is 11.4 Å². The number of para-hydroxylation sites is 2. The van der Waals surface area contributed by atoms with Crippen molar-refractivity contribution in [3.8, 4) is 11.4 Å². The molecule has 1 aliphatic rings. The highest BCUT2D eigenvalue weighted by Crippen LogP contribution is 2.43. The van der Waals surface area contributed by atoms with Crippen molar-refractivity contribution in [3.05, 3.63) is 102 Å². The molecule has 8 heteroatoms. The minimum absolute atomic E-state index is 0.0167. The molecular weight excluding hydrogens is 482 g/mol. The van der Waals surface area contributed by atoms with Crippen LogP contribution in [0.15, 0.2) is 85.2 Å². The molecule has 1 amide bonds. The number of carbonyl (C=O) groups is 1. The van der Waals surface area contributed by atoms with E-state index in [4.69, 9.17) is 17.0 Å². The van der Waals surface area contributed by atoms with Crippen LogP contribution in [0.25, 0.3) is 5.69 Å². The molecular formula is C29H29N5O2S. The molecule has 7 nitrogen and oxygen atoms in total. The number of pyridine rings is 1. The summed E-state index contributed by atoms with van der Waals surface area (Å²) in [5.74, 6) is 0.762. The lowest BCUT2D eigenvalue weighted by Gasteiger charge is -2.29. The highest BCUT2D eigenvalue weighted by atomic mass is 32.1. The molecule has 3 heterocycles. The minimum Gasteiger partial charge on any atom is -0.495 e. The second-order valence-electron chi connectivity index (χ2n) is 8.87. The molecule has 2 N–H and O–H groups in total. The van der Waals surface area contributed by atoms with Gasteiger partial charge < -0.3 is 24.8 Å². The Balaban J connectivity index is 1.63. The average molecular weight is 512 g/mol. The van der Waals surface area contributed by atoms with Gasteiger partial charge in [-0.15, -0.1) is 0 Å². The van der Waals surface area contributed by atoms with Crippen LogP contribution >= 0.6 is 12.2 Å². The molecule has 188 valence electrons. The lowest BCUT2D eigenvalue weighted by Crippen LogP contribution is -2.30. The van der Waals surface area contributed by atoms with Gasteiger partial charge in [-0.25, -0.2) is 0 Å². The van der Waals surface area contributed by atoms with Crippen LogP contribution in [0, 0.1) is 6.92 Å². The number of benzene rings is 2. The fourth-order valence-corrected chi connectivity index (χ4v) is 5.14. The van der Waals surface area contributed by atoms with Crippen molar-refractivity contribution in [2.75, 3.05) is 17.3 Å². The molecule has 37 heavy (non-hydrogen) atoms. The van der Waals surface area contributed by atoms with Gasteiger partial charge in [0.25, 0.3) is 0 Å². The monoisotopic (exact) mass is 511 g/mol. The van der Waals surface area contributed by atoms with E-state index in [-0.39, 0.29) is 18.0 Å². The largest absolute Gasteiger partial charge is 0.495 e. The highest BCUT2D eigenvalue weighted by molar-refractivity contribution is 7.80. The minimum atomic E-state index is -0.196. The maximum atomic E-state index is 12.0. The maximum absolute atomic E-state index is 12.0. The topological polar surface area (TPSA) is 71.4 Å². The van der Waals surface area contributed by atoms with Crippen molar-refractivity contribution < 1.29 is 9.53 Å². The zero-order valence-corrected chi connectivity index (χ0v) is 21.8. The second-order valence-corrected chi connectivity index (χ2v) is 9.26. The van der Waals surface area contributed by atoms with E-state index in [9.17, 15) is 4.79 Å². The summed E-state index contributed by atoms with van der Waals surface area (Å²) in [6, 6.07) is 23.6. The standard InChI is InChI=1S/C29H29N5O2S/c1-4-26(35)31-21-15-14-20(18-19(21)2)34-28(27(32-29(34)37)22-10-7-8-16-30-22)24-12-9-17-33(24)23-11-5-6-13-25(23)36-3/h5-18,27-28H,4H2,1-3H3,(H,31,35)(H,32,37)/t27-,28-/m1/s1. The Morgan fingerprint density at radius 1 is 1.11 bits per heavy atom. The molecule has 1 fully saturated rings. The fraction of sp³-hybridized carbons (Fsp3) is 0.207. The predicted molar refractivity (Wildman–Crippen MR) is 150 cm³/mol. The molecule has 5 rings (SSSR count). The molecule has 0 spiro atoms. The van der Waals surface area contributed by atoms with Crippen LogP contribution in [0.3, 0.4) is 0 Å². The molecule has 2 aromatic heterocycles. The number of amides is 1. The predicted octanol–water partition coefficient (Wildman–Crippen LogP) is 5.71. The van der Waals surface area contributed by atoms with Crippen molar-refractivity contribution >= 4 is 34.6 Å². The van der Waals surface area contributed by atoms with Gasteiger partial charge in [0, 0.05) is 35.9 Å². The molecule has 4 aromatic rings. The van der Waals surface area contributed by atoms with Crippen molar-refractivity contribution in [1.29, 1.82) is 0 Å². The van der Waals surface area contributed by atoms with Crippen LogP contribution in [0.5, 0.6) is 5.75 Å². The number of nitrogens with one attached hydrogen (secondary N) is 2. The van der Waals surface area contributed by atoms with Gasteiger partial charge in [0.15, 0.2) is 5.11 Å². The first-order valence-electron chi connectivity index (χ1n) is 12.2. The number of ether oxygens (including phenoxy) is 1. The van der Waals surface area contributed by atoms with Gasteiger partial charge in [0.05, 0.1) is 24.5 Å². The number of aromatic nitrogens is 2. The van der Waals surface area contributed by atoms with Crippen molar-refractivity contribution in [2.24, 2.45) is 0 Å². The summed E-state index contributed by atoms with van der Waals surface area (Å²) in [5, 5.41) is 7.10. The van der Waals surface area contributed by atoms with E-state index in [1.165, 1.54) is 0 Å². The van der Waals surface area contributed by atoms with E-state index in [1.54, 1.807) is 13.3 Å². The quantitative estimate of drug-likeness (QED) is 0.310. The van der Waals surface area contributed by atoms with E-state index in [0.717, 1.165) is 39.8 Å². The summed E-state index contributed by atoms with van der Waals surface area (Å²) in [6.07, 6.45) is 4.26. The van der Waals surface area contributed by atoms with Gasteiger partial charge >= 0.3 is 0 Å². The summed E-state index contributed by atoms with van der Waals surface area (Å²) in [4.78, 5) is 18.8. The Labute approximate surface area is 222 Å². The molecule has 0 bridgehead atoms. The Hall–Kier alpha value is -4.17. The molecule has 1 aliphatic heterocycles. The van der Waals surface area contributed by atoms with Crippen LogP contribution in [0.2, 0.25) is 0 Å². The van der Waals surface area contributed by atoms with Crippen molar-refractivity contribution in [3.63, 3.8) is 0 Å². The number of aryl methyl sites for hydroxylation is 1. The number of hydrogen-bond donors (Lipinski definition) is 2. The van der Waals surface area contributed by atoms with Crippen LogP contribution in [0.1, 0.15) is 42.4 Å². The average Bonchev–Trinajstić information content (AvgIpc) is 3.54.